The monoisotopic (exact) mass is 328 g/mol. The molecule has 0 atom stereocenters. The van der Waals surface area contributed by atoms with Crippen molar-refractivity contribution in [2.75, 3.05) is 11.4 Å². The van der Waals surface area contributed by atoms with Gasteiger partial charge in [0.15, 0.2) is 0 Å². The van der Waals surface area contributed by atoms with E-state index in [2.05, 4.69) is 5.32 Å². The Kier molecular flexibility index (Phi) is 5.68. The first kappa shape index (κ1) is 17.7. The van der Waals surface area contributed by atoms with Gasteiger partial charge in [0, 0.05) is 24.7 Å². The second-order valence-corrected chi connectivity index (χ2v) is 5.74. The Labute approximate surface area is 141 Å². The summed E-state index contributed by atoms with van der Waals surface area (Å²) >= 11 is 0. The molecule has 0 fully saturated rings. The third kappa shape index (κ3) is 4.41. The van der Waals surface area contributed by atoms with E-state index in [1.165, 1.54) is 17.9 Å². The summed E-state index contributed by atoms with van der Waals surface area (Å²) in [5.74, 6) is -0.929. The molecule has 0 heterocycles. The van der Waals surface area contributed by atoms with Gasteiger partial charge in [0.25, 0.3) is 0 Å². The standard InChI is InChI=1S/C19H21FN2O2/c1-13-8-9-17(10-14(13)2)22(15(3)23)12-19(24)21-11-16-6-4-5-7-18(16)20/h4-10H,11-12H2,1-3H3,(H,21,24). The Morgan fingerprint density at radius 2 is 1.79 bits per heavy atom. The number of hydrogen-bond donors (Lipinski definition) is 1. The summed E-state index contributed by atoms with van der Waals surface area (Å²) in [5, 5.41) is 2.65. The number of halogens is 1. The molecule has 0 saturated carbocycles. The van der Waals surface area contributed by atoms with Crippen LogP contribution < -0.4 is 10.2 Å². The number of aryl methyl sites for hydroxylation is 2. The van der Waals surface area contributed by atoms with Gasteiger partial charge in [-0.15, -0.1) is 0 Å². The second kappa shape index (κ2) is 7.73. The zero-order valence-corrected chi connectivity index (χ0v) is 14.1. The lowest BCUT2D eigenvalue weighted by molar-refractivity contribution is -0.123. The molecule has 4 nitrogen and oxygen atoms in total. The molecule has 0 unspecified atom stereocenters. The van der Waals surface area contributed by atoms with Crippen LogP contribution in [-0.2, 0) is 16.1 Å². The molecule has 2 rings (SSSR count). The minimum atomic E-state index is -0.365. The van der Waals surface area contributed by atoms with Crippen molar-refractivity contribution in [1.82, 2.24) is 5.32 Å². The summed E-state index contributed by atoms with van der Waals surface area (Å²) < 4.78 is 13.6. The minimum Gasteiger partial charge on any atom is -0.350 e. The molecule has 0 saturated heterocycles. The largest absolute Gasteiger partial charge is 0.350 e. The summed E-state index contributed by atoms with van der Waals surface area (Å²) in [5.41, 5.74) is 3.25. The molecule has 1 N–H and O–H groups in total. The minimum absolute atomic E-state index is 0.0875. The van der Waals surface area contributed by atoms with Crippen LogP contribution in [0.25, 0.3) is 0 Å². The lowest BCUT2D eigenvalue weighted by Gasteiger charge is -2.21. The number of nitrogens with zero attached hydrogens (tertiary/aromatic N) is 1. The number of anilines is 1. The first-order valence-electron chi connectivity index (χ1n) is 7.74. The average Bonchev–Trinajstić information content (AvgIpc) is 2.54. The van der Waals surface area contributed by atoms with E-state index in [1.807, 2.05) is 32.0 Å². The molecule has 126 valence electrons. The molecule has 0 aliphatic rings. The van der Waals surface area contributed by atoms with Gasteiger partial charge in [0.2, 0.25) is 11.8 Å². The zero-order chi connectivity index (χ0) is 17.7. The van der Waals surface area contributed by atoms with Gasteiger partial charge in [-0.1, -0.05) is 24.3 Å². The van der Waals surface area contributed by atoms with Gasteiger partial charge in [-0.05, 0) is 43.2 Å². The van der Waals surface area contributed by atoms with E-state index in [0.717, 1.165) is 11.1 Å². The topological polar surface area (TPSA) is 49.4 Å². The Morgan fingerprint density at radius 3 is 2.42 bits per heavy atom. The Morgan fingerprint density at radius 1 is 1.08 bits per heavy atom. The summed E-state index contributed by atoms with van der Waals surface area (Å²) in [4.78, 5) is 25.4. The Bertz CT molecular complexity index is 759. The summed E-state index contributed by atoms with van der Waals surface area (Å²) in [6, 6.07) is 11.9. The predicted molar refractivity (Wildman–Crippen MR) is 92.2 cm³/mol. The van der Waals surface area contributed by atoms with E-state index < -0.39 is 0 Å². The van der Waals surface area contributed by atoms with Gasteiger partial charge >= 0.3 is 0 Å². The number of amides is 2. The SMILES string of the molecule is CC(=O)N(CC(=O)NCc1ccccc1F)c1ccc(C)c(C)c1. The van der Waals surface area contributed by atoms with E-state index in [-0.39, 0.29) is 30.7 Å². The van der Waals surface area contributed by atoms with Crippen molar-refractivity contribution in [3.05, 3.63) is 65.0 Å². The van der Waals surface area contributed by atoms with Crippen molar-refractivity contribution in [2.45, 2.75) is 27.3 Å². The van der Waals surface area contributed by atoms with Crippen LogP contribution in [0.1, 0.15) is 23.6 Å². The van der Waals surface area contributed by atoms with Crippen molar-refractivity contribution in [1.29, 1.82) is 0 Å². The molecule has 0 spiro atoms. The maximum Gasteiger partial charge on any atom is 0.240 e. The maximum atomic E-state index is 13.6. The van der Waals surface area contributed by atoms with E-state index >= 15 is 0 Å². The highest BCUT2D eigenvalue weighted by Crippen LogP contribution is 2.19. The summed E-state index contributed by atoms with van der Waals surface area (Å²) in [6.45, 7) is 5.34. The van der Waals surface area contributed by atoms with E-state index in [4.69, 9.17) is 0 Å². The van der Waals surface area contributed by atoms with Crippen molar-refractivity contribution in [2.24, 2.45) is 0 Å². The molecule has 0 bridgehead atoms. The Balaban J connectivity index is 2.05. The van der Waals surface area contributed by atoms with Crippen LogP contribution in [0.5, 0.6) is 0 Å². The van der Waals surface area contributed by atoms with Crippen molar-refractivity contribution in [3.8, 4) is 0 Å². The Hall–Kier alpha value is -2.69. The molecule has 0 aliphatic carbocycles. The lowest BCUT2D eigenvalue weighted by atomic mass is 10.1. The van der Waals surface area contributed by atoms with Crippen LogP contribution in [0.4, 0.5) is 10.1 Å². The molecule has 0 radical (unpaired) electrons. The fourth-order valence-corrected chi connectivity index (χ4v) is 2.31. The van der Waals surface area contributed by atoms with Gasteiger partial charge in [0.05, 0.1) is 0 Å². The first-order chi connectivity index (χ1) is 11.4. The predicted octanol–water partition coefficient (Wildman–Crippen LogP) is 3.11. The third-order valence-corrected chi connectivity index (χ3v) is 3.92. The smallest absolute Gasteiger partial charge is 0.240 e. The van der Waals surface area contributed by atoms with Crippen LogP contribution in [0.3, 0.4) is 0 Å². The van der Waals surface area contributed by atoms with Gasteiger partial charge in [-0.25, -0.2) is 4.39 Å². The third-order valence-electron chi connectivity index (χ3n) is 3.92. The summed E-state index contributed by atoms with van der Waals surface area (Å²) in [6.07, 6.45) is 0. The molecule has 0 aromatic heterocycles. The molecule has 2 aromatic carbocycles. The van der Waals surface area contributed by atoms with Gasteiger partial charge in [-0.3, -0.25) is 9.59 Å². The van der Waals surface area contributed by atoms with E-state index in [0.29, 0.717) is 11.3 Å². The van der Waals surface area contributed by atoms with Gasteiger partial charge in [0.1, 0.15) is 12.4 Å². The van der Waals surface area contributed by atoms with E-state index in [9.17, 15) is 14.0 Å². The maximum absolute atomic E-state index is 13.6. The number of hydrogen-bond acceptors (Lipinski definition) is 2. The summed E-state index contributed by atoms with van der Waals surface area (Å²) in [7, 11) is 0. The fraction of sp³-hybridized carbons (Fsp3) is 0.263. The quantitative estimate of drug-likeness (QED) is 0.917. The fourth-order valence-electron chi connectivity index (χ4n) is 2.31. The van der Waals surface area contributed by atoms with Crippen molar-refractivity contribution in [3.63, 3.8) is 0 Å². The number of carbonyl (C=O) groups is 2. The molecular weight excluding hydrogens is 307 g/mol. The van der Waals surface area contributed by atoms with Gasteiger partial charge < -0.3 is 10.2 Å². The molecule has 0 aliphatic heterocycles. The van der Waals surface area contributed by atoms with Crippen LogP contribution in [0, 0.1) is 19.7 Å². The average molecular weight is 328 g/mol. The zero-order valence-electron chi connectivity index (χ0n) is 14.1. The molecule has 5 heteroatoms. The number of nitrogens with one attached hydrogen (secondary N) is 1. The van der Waals surface area contributed by atoms with Crippen molar-refractivity contribution < 1.29 is 14.0 Å². The highest BCUT2D eigenvalue weighted by Gasteiger charge is 2.16. The molecule has 24 heavy (non-hydrogen) atoms. The van der Waals surface area contributed by atoms with Crippen LogP contribution >= 0.6 is 0 Å². The van der Waals surface area contributed by atoms with Crippen LogP contribution in [-0.4, -0.2) is 18.4 Å². The first-order valence-corrected chi connectivity index (χ1v) is 7.74. The van der Waals surface area contributed by atoms with Crippen LogP contribution in [0.15, 0.2) is 42.5 Å². The van der Waals surface area contributed by atoms with Gasteiger partial charge in [-0.2, -0.15) is 0 Å². The highest BCUT2D eigenvalue weighted by atomic mass is 19.1. The molecule has 2 amide bonds. The number of benzene rings is 2. The number of carbonyl (C=O) groups excluding carboxylic acids is 2. The van der Waals surface area contributed by atoms with Crippen molar-refractivity contribution >= 4 is 17.5 Å². The van der Waals surface area contributed by atoms with E-state index in [1.54, 1.807) is 18.2 Å². The highest BCUT2D eigenvalue weighted by molar-refractivity contribution is 5.97. The second-order valence-electron chi connectivity index (χ2n) is 5.74. The number of rotatable bonds is 5. The normalized spacial score (nSPS) is 10.3. The molecular formula is C19H21FN2O2. The lowest BCUT2D eigenvalue weighted by Crippen LogP contribution is -2.39. The van der Waals surface area contributed by atoms with Crippen LogP contribution in [0.2, 0.25) is 0 Å². The molecule has 2 aromatic rings.